The minimum Gasteiger partial charge on any atom is -0.478 e. The van der Waals surface area contributed by atoms with Gasteiger partial charge in [0.15, 0.2) is 5.75 Å². The second-order valence-corrected chi connectivity index (χ2v) is 7.52. The second kappa shape index (κ2) is 7.49. The highest BCUT2D eigenvalue weighted by atomic mass is 79.9. The summed E-state index contributed by atoms with van der Waals surface area (Å²) in [6, 6.07) is 8.53. The van der Waals surface area contributed by atoms with Crippen LogP contribution in [0.3, 0.4) is 0 Å². The van der Waals surface area contributed by atoms with Gasteiger partial charge in [-0.3, -0.25) is 0 Å². The van der Waals surface area contributed by atoms with E-state index in [0.717, 1.165) is 11.1 Å². The molecule has 0 aliphatic heterocycles. The van der Waals surface area contributed by atoms with Gasteiger partial charge in [-0.15, -0.1) is 0 Å². The van der Waals surface area contributed by atoms with Crippen molar-refractivity contribution in [1.82, 2.24) is 0 Å². The summed E-state index contributed by atoms with van der Waals surface area (Å²) in [5.74, 6) is -1.51. The van der Waals surface area contributed by atoms with E-state index in [4.69, 9.17) is 4.74 Å². The lowest BCUT2D eigenvalue weighted by atomic mass is 9.98. The average Bonchev–Trinajstić information content (AvgIpc) is 2.48. The van der Waals surface area contributed by atoms with Crippen molar-refractivity contribution in [1.29, 1.82) is 0 Å². The third-order valence-corrected chi connectivity index (χ3v) is 4.48. The molecule has 0 aromatic heterocycles. The molecule has 2 aromatic carbocycles. The van der Waals surface area contributed by atoms with E-state index in [1.807, 2.05) is 26.8 Å². The van der Waals surface area contributed by atoms with Gasteiger partial charge < -0.3 is 9.84 Å². The van der Waals surface area contributed by atoms with Crippen LogP contribution in [0.5, 0.6) is 5.75 Å². The fourth-order valence-electron chi connectivity index (χ4n) is 2.24. The summed E-state index contributed by atoms with van der Waals surface area (Å²) < 4.78 is 6.34. The molecule has 24 heavy (non-hydrogen) atoms. The van der Waals surface area contributed by atoms with Crippen molar-refractivity contribution in [3.63, 3.8) is 0 Å². The first-order valence-corrected chi connectivity index (χ1v) is 8.83. The molecule has 0 heterocycles. The lowest BCUT2D eigenvalue weighted by molar-refractivity contribution is 0.0680. The van der Waals surface area contributed by atoms with Crippen LogP contribution in [0.15, 0.2) is 39.3 Å². The number of ether oxygens (including phenoxy) is 1. The summed E-state index contributed by atoms with van der Waals surface area (Å²) in [6.45, 7) is 5.98. The Morgan fingerprint density at radius 1 is 1.08 bits per heavy atom. The van der Waals surface area contributed by atoms with Crippen molar-refractivity contribution in [3.8, 4) is 5.75 Å². The number of halogens is 2. The zero-order chi connectivity index (χ0) is 18.0. The van der Waals surface area contributed by atoms with Gasteiger partial charge in [0.2, 0.25) is 0 Å². The number of carboxylic acids is 1. The Hall–Kier alpha value is -1.66. The molecule has 0 fully saturated rings. The fraction of sp³-hybridized carbons (Fsp3) is 0.222. The SMILES string of the molecule is Cc1cc(C(=O)Oc2c(Br)cc(Br)cc2C(=O)O)cc(C(C)C)c1. The second-order valence-electron chi connectivity index (χ2n) is 5.75. The summed E-state index contributed by atoms with van der Waals surface area (Å²) >= 11 is 6.48. The number of benzene rings is 2. The number of aromatic carboxylic acids is 1. The third kappa shape index (κ3) is 4.24. The van der Waals surface area contributed by atoms with E-state index in [-0.39, 0.29) is 17.2 Å². The smallest absolute Gasteiger partial charge is 0.343 e. The number of carboxylic acid groups (broad SMARTS) is 1. The predicted molar refractivity (Wildman–Crippen MR) is 99.0 cm³/mol. The Morgan fingerprint density at radius 2 is 1.75 bits per heavy atom. The van der Waals surface area contributed by atoms with Crippen molar-refractivity contribution < 1.29 is 19.4 Å². The first kappa shape index (κ1) is 18.7. The molecule has 0 aliphatic carbocycles. The predicted octanol–water partition coefficient (Wildman–Crippen LogP) is 5.56. The first-order valence-electron chi connectivity index (χ1n) is 7.25. The van der Waals surface area contributed by atoms with Gasteiger partial charge in [-0.05, 0) is 64.2 Å². The number of carbonyl (C=O) groups excluding carboxylic acids is 1. The monoisotopic (exact) mass is 454 g/mol. The van der Waals surface area contributed by atoms with Crippen LogP contribution < -0.4 is 4.74 Å². The van der Waals surface area contributed by atoms with Gasteiger partial charge in [-0.1, -0.05) is 35.8 Å². The molecular weight excluding hydrogens is 440 g/mol. The van der Waals surface area contributed by atoms with Crippen LogP contribution in [0.4, 0.5) is 0 Å². The fourth-order valence-corrected chi connectivity index (χ4v) is 3.54. The molecule has 2 rings (SSSR count). The van der Waals surface area contributed by atoms with Crippen molar-refractivity contribution in [2.24, 2.45) is 0 Å². The van der Waals surface area contributed by atoms with Crippen LogP contribution in [0.1, 0.15) is 51.6 Å². The van der Waals surface area contributed by atoms with Crippen molar-refractivity contribution in [2.45, 2.75) is 26.7 Å². The van der Waals surface area contributed by atoms with Gasteiger partial charge in [0.05, 0.1) is 10.0 Å². The van der Waals surface area contributed by atoms with Crippen molar-refractivity contribution >= 4 is 43.8 Å². The number of aryl methyl sites for hydroxylation is 1. The largest absolute Gasteiger partial charge is 0.478 e. The normalized spacial score (nSPS) is 10.8. The topological polar surface area (TPSA) is 63.6 Å². The summed E-state index contributed by atoms with van der Waals surface area (Å²) in [5.41, 5.74) is 2.27. The van der Waals surface area contributed by atoms with Crippen LogP contribution in [0.2, 0.25) is 0 Å². The van der Waals surface area contributed by atoms with Crippen LogP contribution in [-0.4, -0.2) is 17.0 Å². The average molecular weight is 456 g/mol. The molecule has 0 spiro atoms. The Balaban J connectivity index is 2.42. The van der Waals surface area contributed by atoms with Crippen molar-refractivity contribution in [3.05, 3.63) is 61.5 Å². The Labute approximate surface area is 157 Å². The molecule has 0 radical (unpaired) electrons. The summed E-state index contributed by atoms with van der Waals surface area (Å²) in [4.78, 5) is 23.9. The molecule has 1 N–H and O–H groups in total. The minimum atomic E-state index is -1.17. The number of rotatable bonds is 4. The summed E-state index contributed by atoms with van der Waals surface area (Å²) in [5, 5.41) is 9.33. The van der Waals surface area contributed by atoms with E-state index < -0.39 is 11.9 Å². The Bertz CT molecular complexity index is 813. The molecule has 0 saturated heterocycles. The zero-order valence-electron chi connectivity index (χ0n) is 13.4. The molecule has 0 aliphatic rings. The van der Waals surface area contributed by atoms with Gasteiger partial charge in [0.1, 0.15) is 5.56 Å². The molecule has 0 saturated carbocycles. The van der Waals surface area contributed by atoms with E-state index in [2.05, 4.69) is 31.9 Å². The van der Waals surface area contributed by atoms with E-state index >= 15 is 0 Å². The minimum absolute atomic E-state index is 0.0108. The lowest BCUT2D eigenvalue weighted by Gasteiger charge is -2.13. The van der Waals surface area contributed by atoms with Gasteiger partial charge in [0, 0.05) is 4.47 Å². The summed E-state index contributed by atoms with van der Waals surface area (Å²) in [6.07, 6.45) is 0. The maximum absolute atomic E-state index is 12.5. The van der Waals surface area contributed by atoms with Gasteiger partial charge in [-0.25, -0.2) is 9.59 Å². The first-order chi connectivity index (χ1) is 11.2. The Kier molecular flexibility index (Phi) is 5.83. The molecule has 0 bridgehead atoms. The molecule has 4 nitrogen and oxygen atoms in total. The molecule has 0 amide bonds. The van der Waals surface area contributed by atoms with E-state index in [0.29, 0.717) is 14.5 Å². The number of hydrogen-bond acceptors (Lipinski definition) is 3. The summed E-state index contributed by atoms with van der Waals surface area (Å²) in [7, 11) is 0. The van der Waals surface area contributed by atoms with Crippen LogP contribution in [0.25, 0.3) is 0 Å². The number of carbonyl (C=O) groups is 2. The van der Waals surface area contributed by atoms with Crippen LogP contribution in [0, 0.1) is 6.92 Å². The quantitative estimate of drug-likeness (QED) is 0.484. The highest BCUT2D eigenvalue weighted by Crippen LogP contribution is 2.33. The number of hydrogen-bond donors (Lipinski definition) is 1. The van der Waals surface area contributed by atoms with Gasteiger partial charge >= 0.3 is 11.9 Å². The van der Waals surface area contributed by atoms with Gasteiger partial charge in [-0.2, -0.15) is 0 Å². The zero-order valence-corrected chi connectivity index (χ0v) is 16.6. The van der Waals surface area contributed by atoms with E-state index in [9.17, 15) is 14.7 Å². The van der Waals surface area contributed by atoms with E-state index in [1.165, 1.54) is 6.07 Å². The highest BCUT2D eigenvalue weighted by Gasteiger charge is 2.20. The standard InChI is InChI=1S/C18H16Br2O4/c1-9(2)11-4-10(3)5-12(6-11)18(23)24-16-14(17(21)22)7-13(19)8-15(16)20/h4-9H,1-3H3,(H,21,22). The highest BCUT2D eigenvalue weighted by molar-refractivity contribution is 9.11. The third-order valence-electron chi connectivity index (χ3n) is 3.44. The number of esters is 1. The molecular formula is C18H16Br2O4. The van der Waals surface area contributed by atoms with Crippen molar-refractivity contribution in [2.75, 3.05) is 0 Å². The maximum atomic E-state index is 12.5. The molecule has 126 valence electrons. The Morgan fingerprint density at radius 3 is 2.33 bits per heavy atom. The molecule has 2 aromatic rings. The van der Waals surface area contributed by atoms with Gasteiger partial charge in [0.25, 0.3) is 0 Å². The van der Waals surface area contributed by atoms with Crippen LogP contribution in [-0.2, 0) is 0 Å². The maximum Gasteiger partial charge on any atom is 0.343 e. The lowest BCUT2D eigenvalue weighted by Crippen LogP contribution is -2.13. The molecule has 6 heteroatoms. The van der Waals surface area contributed by atoms with E-state index in [1.54, 1.807) is 18.2 Å². The molecule has 0 unspecified atom stereocenters. The van der Waals surface area contributed by atoms with Crippen LogP contribution >= 0.6 is 31.9 Å². The molecule has 0 atom stereocenters.